The van der Waals surface area contributed by atoms with Gasteiger partial charge in [0.2, 0.25) is 0 Å². The van der Waals surface area contributed by atoms with Gasteiger partial charge in [0.05, 0.1) is 12.0 Å². The maximum atomic E-state index is 11.3. The van der Waals surface area contributed by atoms with Gasteiger partial charge in [0.15, 0.2) is 0 Å². The molecular formula is C19H20N2O5. The van der Waals surface area contributed by atoms with E-state index in [0.717, 1.165) is 11.3 Å². The Labute approximate surface area is 151 Å². The van der Waals surface area contributed by atoms with Crippen molar-refractivity contribution in [2.75, 3.05) is 25.6 Å². The molecular weight excluding hydrogens is 336 g/mol. The number of carbonyl (C=O) groups excluding carboxylic acids is 1. The molecule has 7 heteroatoms. The molecule has 0 amide bonds. The van der Waals surface area contributed by atoms with Crippen LogP contribution in [0.4, 0.5) is 11.4 Å². The fourth-order valence-electron chi connectivity index (χ4n) is 2.25. The molecule has 2 aromatic carbocycles. The lowest BCUT2D eigenvalue weighted by atomic mass is 10.1. The molecule has 0 unspecified atom stereocenters. The summed E-state index contributed by atoms with van der Waals surface area (Å²) in [5.41, 5.74) is 1.87. The van der Waals surface area contributed by atoms with E-state index >= 15 is 0 Å². The number of ether oxygens (including phenoxy) is 2. The minimum atomic E-state index is -0.525. The molecule has 0 aliphatic heterocycles. The molecule has 0 saturated heterocycles. The van der Waals surface area contributed by atoms with Crippen molar-refractivity contribution < 1.29 is 19.2 Å². The van der Waals surface area contributed by atoms with Crippen molar-refractivity contribution in [1.29, 1.82) is 0 Å². The van der Waals surface area contributed by atoms with Crippen molar-refractivity contribution in [2.45, 2.75) is 6.92 Å². The number of hydrogen-bond donors (Lipinski definition) is 1. The molecule has 1 N–H and O–H groups in total. The number of hydrogen-bond acceptors (Lipinski definition) is 6. The van der Waals surface area contributed by atoms with Crippen LogP contribution in [0.15, 0.2) is 48.5 Å². The number of esters is 1. The van der Waals surface area contributed by atoms with Crippen LogP contribution in [0.2, 0.25) is 0 Å². The third-order valence-electron chi connectivity index (χ3n) is 3.60. The van der Waals surface area contributed by atoms with Crippen molar-refractivity contribution in [2.24, 2.45) is 0 Å². The van der Waals surface area contributed by atoms with Crippen molar-refractivity contribution in [1.82, 2.24) is 0 Å². The summed E-state index contributed by atoms with van der Waals surface area (Å²) in [6.45, 7) is 2.73. The summed E-state index contributed by atoms with van der Waals surface area (Å²) < 4.78 is 10.2. The highest BCUT2D eigenvalue weighted by atomic mass is 16.6. The molecule has 136 valence electrons. The van der Waals surface area contributed by atoms with Crippen LogP contribution in [-0.4, -0.2) is 31.2 Å². The number of nitro groups is 1. The number of anilines is 1. The largest absolute Gasteiger partial charge is 0.491 e. The molecule has 0 saturated carbocycles. The molecule has 0 aromatic heterocycles. The summed E-state index contributed by atoms with van der Waals surface area (Å²) in [7, 11) is 1.27. The van der Waals surface area contributed by atoms with Crippen LogP contribution in [0.1, 0.15) is 11.1 Å². The van der Waals surface area contributed by atoms with Gasteiger partial charge in [-0.1, -0.05) is 24.3 Å². The second-order valence-corrected chi connectivity index (χ2v) is 5.43. The highest BCUT2D eigenvalue weighted by Gasteiger charge is 2.13. The number of nitrogens with zero attached hydrogens (tertiary/aromatic N) is 1. The van der Waals surface area contributed by atoms with E-state index in [-0.39, 0.29) is 5.69 Å². The molecule has 0 aliphatic carbocycles. The van der Waals surface area contributed by atoms with Crippen molar-refractivity contribution in [3.63, 3.8) is 0 Å². The predicted octanol–water partition coefficient (Wildman–Crippen LogP) is 3.58. The third kappa shape index (κ3) is 5.34. The smallest absolute Gasteiger partial charge is 0.330 e. The lowest BCUT2D eigenvalue weighted by molar-refractivity contribution is -0.384. The van der Waals surface area contributed by atoms with E-state index in [1.807, 2.05) is 31.2 Å². The number of aryl methyl sites for hydroxylation is 1. The van der Waals surface area contributed by atoms with Gasteiger partial charge in [-0.15, -0.1) is 0 Å². The number of para-hydroxylation sites is 1. The van der Waals surface area contributed by atoms with Crippen LogP contribution in [0.5, 0.6) is 5.75 Å². The van der Waals surface area contributed by atoms with Crippen LogP contribution in [0.3, 0.4) is 0 Å². The molecule has 0 bridgehead atoms. The summed E-state index contributed by atoms with van der Waals surface area (Å²) in [5.74, 6) is 0.260. The van der Waals surface area contributed by atoms with E-state index in [9.17, 15) is 14.9 Å². The fraction of sp³-hybridized carbons (Fsp3) is 0.211. The molecule has 0 atom stereocenters. The Bertz CT molecular complexity index is 817. The van der Waals surface area contributed by atoms with Crippen LogP contribution < -0.4 is 10.1 Å². The predicted molar refractivity (Wildman–Crippen MR) is 99.3 cm³/mol. The quantitative estimate of drug-likeness (QED) is 0.256. The minimum absolute atomic E-state index is 0.0760. The summed E-state index contributed by atoms with van der Waals surface area (Å²) in [6, 6.07) is 12.3. The maximum Gasteiger partial charge on any atom is 0.330 e. The van der Waals surface area contributed by atoms with Gasteiger partial charge in [-0.05, 0) is 36.3 Å². The second kappa shape index (κ2) is 9.22. The standard InChI is InChI=1S/C19H20N2O5/c1-14-5-3-4-6-18(14)26-12-11-20-16-9-7-15(8-10-19(22)25-2)13-17(16)21(23)24/h3-10,13,20H,11-12H2,1-2H3/b10-8+. The van der Waals surface area contributed by atoms with E-state index in [1.54, 1.807) is 12.1 Å². The van der Waals surface area contributed by atoms with Crippen LogP contribution in [-0.2, 0) is 9.53 Å². The van der Waals surface area contributed by atoms with Gasteiger partial charge in [0.25, 0.3) is 5.69 Å². The zero-order chi connectivity index (χ0) is 18.9. The molecule has 0 aliphatic rings. The average molecular weight is 356 g/mol. The monoisotopic (exact) mass is 356 g/mol. The van der Waals surface area contributed by atoms with Crippen LogP contribution in [0, 0.1) is 17.0 Å². The first-order valence-electron chi connectivity index (χ1n) is 7.98. The number of benzene rings is 2. The minimum Gasteiger partial charge on any atom is -0.491 e. The Morgan fingerprint density at radius 1 is 1.27 bits per heavy atom. The van der Waals surface area contributed by atoms with Gasteiger partial charge in [-0.2, -0.15) is 0 Å². The van der Waals surface area contributed by atoms with Crippen molar-refractivity contribution in [3.8, 4) is 5.75 Å². The number of nitro benzene ring substituents is 1. The Morgan fingerprint density at radius 3 is 2.73 bits per heavy atom. The summed E-state index contributed by atoms with van der Waals surface area (Å²) in [4.78, 5) is 21.9. The zero-order valence-electron chi connectivity index (χ0n) is 14.6. The maximum absolute atomic E-state index is 11.3. The first-order valence-corrected chi connectivity index (χ1v) is 7.98. The van der Waals surface area contributed by atoms with Gasteiger partial charge in [-0.3, -0.25) is 10.1 Å². The SMILES string of the molecule is COC(=O)/C=C/c1ccc(NCCOc2ccccc2C)c([N+](=O)[O-])c1. The average Bonchev–Trinajstić information content (AvgIpc) is 2.64. The molecule has 2 rings (SSSR count). The van der Waals surface area contributed by atoms with Crippen molar-refractivity contribution in [3.05, 3.63) is 69.8 Å². The van der Waals surface area contributed by atoms with Gasteiger partial charge in [-0.25, -0.2) is 4.79 Å². The molecule has 7 nitrogen and oxygen atoms in total. The Morgan fingerprint density at radius 2 is 2.04 bits per heavy atom. The molecule has 0 heterocycles. The molecule has 0 fully saturated rings. The fourth-order valence-corrected chi connectivity index (χ4v) is 2.25. The summed E-state index contributed by atoms with van der Waals surface area (Å²) in [5, 5.41) is 14.3. The first kappa shape index (κ1) is 19.0. The van der Waals surface area contributed by atoms with Crippen LogP contribution >= 0.6 is 0 Å². The van der Waals surface area contributed by atoms with Gasteiger partial charge in [0, 0.05) is 18.7 Å². The molecule has 26 heavy (non-hydrogen) atoms. The molecule has 0 spiro atoms. The third-order valence-corrected chi connectivity index (χ3v) is 3.60. The summed E-state index contributed by atoms with van der Waals surface area (Å²) in [6.07, 6.45) is 2.67. The Balaban J connectivity index is 2.00. The van der Waals surface area contributed by atoms with Gasteiger partial charge < -0.3 is 14.8 Å². The molecule has 2 aromatic rings. The summed E-state index contributed by atoms with van der Waals surface area (Å²) >= 11 is 0. The topological polar surface area (TPSA) is 90.7 Å². The van der Waals surface area contributed by atoms with E-state index < -0.39 is 10.9 Å². The normalized spacial score (nSPS) is 10.5. The van der Waals surface area contributed by atoms with E-state index in [2.05, 4.69) is 10.1 Å². The number of methoxy groups -OCH3 is 1. The van der Waals surface area contributed by atoms with Gasteiger partial charge in [0.1, 0.15) is 18.0 Å². The van der Waals surface area contributed by atoms with Crippen molar-refractivity contribution >= 4 is 23.4 Å². The first-order chi connectivity index (χ1) is 12.5. The second-order valence-electron chi connectivity index (χ2n) is 5.43. The number of nitrogens with one attached hydrogen (secondary N) is 1. The Kier molecular flexibility index (Phi) is 6.73. The number of rotatable bonds is 8. The zero-order valence-corrected chi connectivity index (χ0v) is 14.6. The van der Waals surface area contributed by atoms with E-state index in [1.165, 1.54) is 25.3 Å². The number of carbonyl (C=O) groups is 1. The van der Waals surface area contributed by atoms with Crippen LogP contribution in [0.25, 0.3) is 6.08 Å². The molecule has 0 radical (unpaired) electrons. The lowest BCUT2D eigenvalue weighted by Gasteiger charge is -2.11. The Hall–Kier alpha value is -3.35. The van der Waals surface area contributed by atoms with E-state index in [0.29, 0.717) is 24.4 Å². The highest BCUT2D eigenvalue weighted by Crippen LogP contribution is 2.26. The van der Waals surface area contributed by atoms with Gasteiger partial charge >= 0.3 is 5.97 Å². The highest BCUT2D eigenvalue weighted by molar-refractivity contribution is 5.87. The lowest BCUT2D eigenvalue weighted by Crippen LogP contribution is -2.13. The van der Waals surface area contributed by atoms with E-state index in [4.69, 9.17) is 4.74 Å².